The number of benzene rings is 2. The maximum absolute atomic E-state index is 12.9. The summed E-state index contributed by atoms with van der Waals surface area (Å²) < 4.78 is 38.2. The summed E-state index contributed by atoms with van der Waals surface area (Å²) in [5.41, 5.74) is 0.611. The summed E-state index contributed by atoms with van der Waals surface area (Å²) in [6.07, 6.45) is 2.72. The van der Waals surface area contributed by atoms with Crippen LogP contribution in [0.1, 0.15) is 36.5 Å². The fourth-order valence-corrected chi connectivity index (χ4v) is 4.89. The van der Waals surface area contributed by atoms with Gasteiger partial charge in [-0.05, 0) is 67.1 Å². The maximum Gasteiger partial charge on any atom is 0.255 e. The average molecular weight is 361 g/mol. The van der Waals surface area contributed by atoms with Crippen molar-refractivity contribution in [2.24, 2.45) is 5.41 Å². The molecule has 1 aliphatic rings. The molecule has 0 aromatic heterocycles. The van der Waals surface area contributed by atoms with Crippen molar-refractivity contribution in [1.82, 2.24) is 0 Å². The number of carbonyl (C=O) groups excluding carboxylic acids is 1. The second kappa shape index (κ2) is 6.59. The molecule has 1 amide bonds. The molecule has 1 saturated carbocycles. The zero-order chi connectivity index (χ0) is 18.1. The molecule has 3 rings (SSSR count). The zero-order valence-electron chi connectivity index (χ0n) is 14.0. The van der Waals surface area contributed by atoms with Crippen LogP contribution in [0.2, 0.25) is 0 Å². The van der Waals surface area contributed by atoms with E-state index in [0.29, 0.717) is 5.69 Å². The monoisotopic (exact) mass is 361 g/mol. The van der Waals surface area contributed by atoms with Crippen molar-refractivity contribution in [3.8, 4) is 0 Å². The molecule has 0 atom stereocenters. The minimum absolute atomic E-state index is 0.0921. The second-order valence-corrected chi connectivity index (χ2v) is 8.59. The highest BCUT2D eigenvalue weighted by atomic mass is 32.2. The van der Waals surface area contributed by atoms with Gasteiger partial charge in [0.1, 0.15) is 5.82 Å². The van der Waals surface area contributed by atoms with Gasteiger partial charge in [-0.3, -0.25) is 4.79 Å². The Bertz CT molecular complexity index is 887. The Morgan fingerprint density at radius 3 is 2.44 bits per heavy atom. The summed E-state index contributed by atoms with van der Waals surface area (Å²) in [6.45, 7) is 2.01. The minimum Gasteiger partial charge on any atom is -0.322 e. The predicted octanol–water partition coefficient (Wildman–Crippen LogP) is 4.04. The molecule has 1 aliphatic carbocycles. The first-order valence-corrected chi connectivity index (χ1v) is 9.89. The third-order valence-electron chi connectivity index (χ3n) is 4.76. The molecule has 2 aromatic rings. The summed E-state index contributed by atoms with van der Waals surface area (Å²) in [4.78, 5) is 12.5. The van der Waals surface area contributed by atoms with Crippen molar-refractivity contribution in [2.45, 2.75) is 31.1 Å². The molecule has 1 N–H and O–H groups in total. The van der Waals surface area contributed by atoms with E-state index in [-0.39, 0.29) is 21.6 Å². The number of rotatable bonds is 6. The Morgan fingerprint density at radius 2 is 1.84 bits per heavy atom. The molecule has 0 spiro atoms. The van der Waals surface area contributed by atoms with E-state index in [2.05, 4.69) is 5.32 Å². The van der Waals surface area contributed by atoms with E-state index < -0.39 is 21.6 Å². The van der Waals surface area contributed by atoms with E-state index in [1.54, 1.807) is 12.1 Å². The Hall–Kier alpha value is -2.21. The van der Waals surface area contributed by atoms with Crippen LogP contribution >= 0.6 is 0 Å². The van der Waals surface area contributed by atoms with Crippen LogP contribution in [-0.4, -0.2) is 20.1 Å². The topological polar surface area (TPSA) is 63.2 Å². The molecular weight excluding hydrogens is 341 g/mol. The first kappa shape index (κ1) is 17.6. The molecule has 0 radical (unpaired) electrons. The number of carbonyl (C=O) groups is 1. The first-order chi connectivity index (χ1) is 11.8. The largest absolute Gasteiger partial charge is 0.322 e. The number of sulfone groups is 1. The summed E-state index contributed by atoms with van der Waals surface area (Å²) >= 11 is 0. The highest BCUT2D eigenvalue weighted by Crippen LogP contribution is 2.50. The lowest BCUT2D eigenvalue weighted by atomic mass is 10.1. The third-order valence-corrected chi connectivity index (χ3v) is 6.73. The lowest BCUT2D eigenvalue weighted by Gasteiger charge is -2.13. The number of anilines is 1. The number of hydrogen-bond donors (Lipinski definition) is 1. The molecule has 2 aromatic carbocycles. The molecule has 4 nitrogen and oxygen atoms in total. The van der Waals surface area contributed by atoms with Crippen molar-refractivity contribution in [2.75, 3.05) is 11.1 Å². The van der Waals surface area contributed by atoms with Gasteiger partial charge < -0.3 is 5.32 Å². The van der Waals surface area contributed by atoms with Gasteiger partial charge in [0.2, 0.25) is 0 Å². The number of nitrogens with one attached hydrogen (secondary N) is 1. The molecule has 0 aliphatic heterocycles. The predicted molar refractivity (Wildman–Crippen MR) is 94.8 cm³/mol. The van der Waals surface area contributed by atoms with Gasteiger partial charge in [0.05, 0.1) is 10.6 Å². The summed E-state index contributed by atoms with van der Waals surface area (Å²) in [5, 5.41) is 2.64. The Kier molecular flexibility index (Phi) is 4.64. The molecule has 1 fully saturated rings. The standard InChI is InChI=1S/C19H20FNO3S/c1-2-19(10-11-19)13-25(23,24)17-5-3-4-14(12-17)18(22)21-16-8-6-15(20)7-9-16/h3-9,12H,2,10-11,13H2,1H3,(H,21,22). The molecule has 132 valence electrons. The van der Waals surface area contributed by atoms with E-state index in [1.807, 2.05) is 6.92 Å². The molecule has 0 bridgehead atoms. The van der Waals surface area contributed by atoms with Crippen LogP contribution in [0, 0.1) is 11.2 Å². The van der Waals surface area contributed by atoms with Crippen LogP contribution in [0.4, 0.5) is 10.1 Å². The van der Waals surface area contributed by atoms with E-state index in [1.165, 1.54) is 36.4 Å². The second-order valence-electron chi connectivity index (χ2n) is 6.60. The lowest BCUT2D eigenvalue weighted by Crippen LogP contribution is -2.18. The van der Waals surface area contributed by atoms with Crippen molar-refractivity contribution in [3.63, 3.8) is 0 Å². The average Bonchev–Trinajstić information content (AvgIpc) is 3.36. The zero-order valence-corrected chi connectivity index (χ0v) is 14.8. The molecule has 25 heavy (non-hydrogen) atoms. The van der Waals surface area contributed by atoms with E-state index in [9.17, 15) is 17.6 Å². The van der Waals surface area contributed by atoms with Gasteiger partial charge in [-0.15, -0.1) is 0 Å². The van der Waals surface area contributed by atoms with Gasteiger partial charge in [0.15, 0.2) is 9.84 Å². The Balaban J connectivity index is 1.78. The fraction of sp³-hybridized carbons (Fsp3) is 0.316. The molecule has 0 heterocycles. The fourth-order valence-electron chi connectivity index (χ4n) is 2.83. The van der Waals surface area contributed by atoms with Crippen LogP contribution in [0.3, 0.4) is 0 Å². The van der Waals surface area contributed by atoms with E-state index >= 15 is 0 Å². The highest BCUT2D eigenvalue weighted by molar-refractivity contribution is 7.91. The smallest absolute Gasteiger partial charge is 0.255 e. The number of hydrogen-bond acceptors (Lipinski definition) is 3. The van der Waals surface area contributed by atoms with Gasteiger partial charge in [-0.1, -0.05) is 13.0 Å². The van der Waals surface area contributed by atoms with Crippen molar-refractivity contribution < 1.29 is 17.6 Å². The van der Waals surface area contributed by atoms with E-state index in [0.717, 1.165) is 19.3 Å². The van der Waals surface area contributed by atoms with Crippen LogP contribution in [0.25, 0.3) is 0 Å². The van der Waals surface area contributed by atoms with Gasteiger partial charge in [0.25, 0.3) is 5.91 Å². The Labute approximate surface area is 147 Å². The van der Waals surface area contributed by atoms with Crippen molar-refractivity contribution in [3.05, 3.63) is 59.9 Å². The van der Waals surface area contributed by atoms with Gasteiger partial charge >= 0.3 is 0 Å². The number of halogens is 1. The number of amides is 1. The minimum atomic E-state index is -3.43. The molecule has 6 heteroatoms. The summed E-state index contributed by atoms with van der Waals surface area (Å²) in [5.74, 6) is -0.698. The van der Waals surface area contributed by atoms with Gasteiger partial charge in [-0.25, -0.2) is 12.8 Å². The van der Waals surface area contributed by atoms with Crippen LogP contribution in [-0.2, 0) is 9.84 Å². The highest BCUT2D eigenvalue weighted by Gasteiger charge is 2.44. The summed E-state index contributed by atoms with van der Waals surface area (Å²) in [7, 11) is -3.43. The SMILES string of the molecule is CCC1(CS(=O)(=O)c2cccc(C(=O)Nc3ccc(F)cc3)c2)CC1. The van der Waals surface area contributed by atoms with Crippen LogP contribution in [0.5, 0.6) is 0 Å². The van der Waals surface area contributed by atoms with Crippen molar-refractivity contribution in [1.29, 1.82) is 0 Å². The first-order valence-electron chi connectivity index (χ1n) is 8.23. The molecule has 0 unspecified atom stereocenters. The molecule has 0 saturated heterocycles. The lowest BCUT2D eigenvalue weighted by molar-refractivity contribution is 0.102. The quantitative estimate of drug-likeness (QED) is 0.844. The normalized spacial score (nSPS) is 15.6. The van der Waals surface area contributed by atoms with Gasteiger partial charge in [-0.2, -0.15) is 0 Å². The maximum atomic E-state index is 12.9. The van der Waals surface area contributed by atoms with E-state index in [4.69, 9.17) is 0 Å². The molecular formula is C19H20FNO3S. The summed E-state index contributed by atoms with van der Waals surface area (Å²) in [6, 6.07) is 11.4. The van der Waals surface area contributed by atoms with Crippen LogP contribution in [0.15, 0.2) is 53.4 Å². The van der Waals surface area contributed by atoms with Gasteiger partial charge in [0, 0.05) is 11.3 Å². The van der Waals surface area contributed by atoms with Crippen LogP contribution < -0.4 is 5.32 Å². The van der Waals surface area contributed by atoms with Crippen molar-refractivity contribution >= 4 is 21.4 Å². The third kappa shape index (κ3) is 4.07. The Morgan fingerprint density at radius 1 is 1.16 bits per heavy atom.